The van der Waals surface area contributed by atoms with Crippen molar-refractivity contribution >= 4 is 15.9 Å². The monoisotopic (exact) mass is 327 g/mol. The van der Waals surface area contributed by atoms with Crippen LogP contribution < -0.4 is 10.1 Å². The average Bonchev–Trinajstić information content (AvgIpc) is 2.82. The molecule has 106 valence electrons. The number of likely N-dealkylation sites (N-methyl/N-ethyl adjacent to an activating group) is 1. The molecule has 1 fully saturated rings. The fourth-order valence-corrected chi connectivity index (χ4v) is 3.23. The first-order valence-electron chi connectivity index (χ1n) is 6.79. The van der Waals surface area contributed by atoms with E-state index in [9.17, 15) is 0 Å². The van der Waals surface area contributed by atoms with E-state index in [1.54, 1.807) is 7.11 Å². The van der Waals surface area contributed by atoms with Crippen molar-refractivity contribution in [3.05, 3.63) is 28.2 Å². The Hall–Kier alpha value is -0.580. The van der Waals surface area contributed by atoms with Gasteiger partial charge in [-0.1, -0.05) is 6.07 Å². The van der Waals surface area contributed by atoms with Crippen LogP contribution in [0.3, 0.4) is 0 Å². The summed E-state index contributed by atoms with van der Waals surface area (Å²) in [4.78, 5) is 0. The third-order valence-corrected chi connectivity index (χ3v) is 4.38. The van der Waals surface area contributed by atoms with E-state index in [2.05, 4.69) is 40.3 Å². The van der Waals surface area contributed by atoms with Gasteiger partial charge in [-0.3, -0.25) is 0 Å². The fraction of sp³-hybridized carbons (Fsp3) is 0.600. The maximum Gasteiger partial charge on any atom is 0.133 e. The minimum absolute atomic E-state index is 0.320. The summed E-state index contributed by atoms with van der Waals surface area (Å²) in [5, 5.41) is 3.39. The van der Waals surface area contributed by atoms with Gasteiger partial charge in [-0.15, -0.1) is 0 Å². The summed E-state index contributed by atoms with van der Waals surface area (Å²) >= 11 is 3.54. The van der Waals surface area contributed by atoms with Crippen molar-refractivity contribution in [1.82, 2.24) is 5.32 Å². The lowest BCUT2D eigenvalue weighted by Gasteiger charge is -2.23. The molecular formula is C15H22BrNO2. The van der Waals surface area contributed by atoms with Gasteiger partial charge in [0.05, 0.1) is 23.8 Å². The van der Waals surface area contributed by atoms with Gasteiger partial charge >= 0.3 is 0 Å². The van der Waals surface area contributed by atoms with E-state index in [0.717, 1.165) is 29.5 Å². The lowest BCUT2D eigenvalue weighted by Crippen LogP contribution is -2.39. The van der Waals surface area contributed by atoms with Gasteiger partial charge in [-0.25, -0.2) is 0 Å². The Labute approximate surface area is 123 Å². The van der Waals surface area contributed by atoms with Crippen molar-refractivity contribution < 1.29 is 9.47 Å². The van der Waals surface area contributed by atoms with Crippen LogP contribution in [0.25, 0.3) is 0 Å². The van der Waals surface area contributed by atoms with E-state index in [4.69, 9.17) is 9.47 Å². The average molecular weight is 328 g/mol. The van der Waals surface area contributed by atoms with E-state index in [1.165, 1.54) is 5.56 Å². The van der Waals surface area contributed by atoms with Crippen molar-refractivity contribution in [3.63, 3.8) is 0 Å². The topological polar surface area (TPSA) is 30.5 Å². The third kappa shape index (κ3) is 3.71. The molecule has 1 aliphatic heterocycles. The van der Waals surface area contributed by atoms with Gasteiger partial charge in [-0.05, 0) is 66.9 Å². The van der Waals surface area contributed by atoms with Crippen molar-refractivity contribution in [3.8, 4) is 5.75 Å². The van der Waals surface area contributed by atoms with E-state index in [-0.39, 0.29) is 0 Å². The molecule has 0 bridgehead atoms. The number of rotatable bonds is 5. The molecule has 4 heteroatoms. The van der Waals surface area contributed by atoms with Crippen LogP contribution in [-0.4, -0.2) is 32.4 Å². The number of hydrogen-bond donors (Lipinski definition) is 1. The van der Waals surface area contributed by atoms with E-state index < -0.39 is 0 Å². The Bertz CT molecular complexity index is 425. The van der Waals surface area contributed by atoms with Gasteiger partial charge in [0.25, 0.3) is 0 Å². The van der Waals surface area contributed by atoms with Gasteiger partial charge in [0.1, 0.15) is 5.75 Å². The minimum Gasteiger partial charge on any atom is -0.496 e. The molecule has 1 N–H and O–H groups in total. The molecule has 0 amide bonds. The molecule has 1 saturated heterocycles. The molecule has 3 unspecified atom stereocenters. The summed E-state index contributed by atoms with van der Waals surface area (Å²) < 4.78 is 12.2. The quantitative estimate of drug-likeness (QED) is 0.901. The molecule has 0 saturated carbocycles. The van der Waals surface area contributed by atoms with Crippen LogP contribution in [0, 0.1) is 0 Å². The van der Waals surface area contributed by atoms with Crippen LogP contribution >= 0.6 is 15.9 Å². The largest absolute Gasteiger partial charge is 0.496 e. The molecule has 0 spiro atoms. The third-order valence-electron chi connectivity index (χ3n) is 3.76. The lowest BCUT2D eigenvalue weighted by atomic mass is 9.99. The van der Waals surface area contributed by atoms with Gasteiger partial charge in [0.2, 0.25) is 0 Å². The zero-order valence-electron chi connectivity index (χ0n) is 11.8. The SMILES string of the molecule is CNC(Cc1ccc(OC)c(Br)c1)C1CCC(C)O1. The van der Waals surface area contributed by atoms with Gasteiger partial charge in [0.15, 0.2) is 0 Å². The van der Waals surface area contributed by atoms with Crippen molar-refractivity contribution in [2.75, 3.05) is 14.2 Å². The Balaban J connectivity index is 2.03. The van der Waals surface area contributed by atoms with E-state index >= 15 is 0 Å². The maximum atomic E-state index is 5.96. The Morgan fingerprint density at radius 3 is 2.79 bits per heavy atom. The van der Waals surface area contributed by atoms with Gasteiger partial charge < -0.3 is 14.8 Å². The van der Waals surface area contributed by atoms with Crippen LogP contribution in [-0.2, 0) is 11.2 Å². The fourth-order valence-electron chi connectivity index (χ4n) is 2.64. The second-order valence-corrected chi connectivity index (χ2v) is 5.99. The zero-order chi connectivity index (χ0) is 13.8. The molecule has 0 aromatic heterocycles. The Morgan fingerprint density at radius 2 is 2.26 bits per heavy atom. The van der Waals surface area contributed by atoms with Crippen LogP contribution in [0.1, 0.15) is 25.3 Å². The number of hydrogen-bond acceptors (Lipinski definition) is 3. The molecule has 1 aromatic carbocycles. The van der Waals surface area contributed by atoms with Crippen LogP contribution in [0.5, 0.6) is 5.75 Å². The number of nitrogens with one attached hydrogen (secondary N) is 1. The van der Waals surface area contributed by atoms with Crippen molar-refractivity contribution in [2.24, 2.45) is 0 Å². The van der Waals surface area contributed by atoms with Crippen LogP contribution in [0.15, 0.2) is 22.7 Å². The number of methoxy groups -OCH3 is 1. The minimum atomic E-state index is 0.320. The molecular weight excluding hydrogens is 306 g/mol. The zero-order valence-corrected chi connectivity index (χ0v) is 13.4. The summed E-state index contributed by atoms with van der Waals surface area (Å²) in [6, 6.07) is 6.61. The number of halogens is 1. The summed E-state index contributed by atoms with van der Waals surface area (Å²) in [7, 11) is 3.69. The molecule has 0 aliphatic carbocycles. The molecule has 0 radical (unpaired) electrons. The molecule has 1 aromatic rings. The van der Waals surface area contributed by atoms with Crippen molar-refractivity contribution in [1.29, 1.82) is 0 Å². The van der Waals surface area contributed by atoms with Crippen LogP contribution in [0.2, 0.25) is 0 Å². The van der Waals surface area contributed by atoms with E-state index in [1.807, 2.05) is 13.1 Å². The standard InChI is InChI=1S/C15H22BrNO2/c1-10-4-6-15(19-10)13(17-2)9-11-5-7-14(18-3)12(16)8-11/h5,7-8,10,13,15,17H,4,6,9H2,1-3H3. The predicted octanol–water partition coefficient (Wildman–Crippen LogP) is 3.16. The highest BCUT2D eigenvalue weighted by Gasteiger charge is 2.28. The van der Waals surface area contributed by atoms with Crippen LogP contribution in [0.4, 0.5) is 0 Å². The first-order chi connectivity index (χ1) is 9.13. The Morgan fingerprint density at radius 1 is 1.47 bits per heavy atom. The van der Waals surface area contributed by atoms with Gasteiger partial charge in [-0.2, -0.15) is 0 Å². The Kier molecular flexibility index (Phi) is 5.25. The highest BCUT2D eigenvalue weighted by Crippen LogP contribution is 2.28. The highest BCUT2D eigenvalue weighted by atomic mass is 79.9. The second kappa shape index (κ2) is 6.73. The molecule has 19 heavy (non-hydrogen) atoms. The highest BCUT2D eigenvalue weighted by molar-refractivity contribution is 9.10. The number of ether oxygens (including phenoxy) is 2. The van der Waals surface area contributed by atoms with Gasteiger partial charge in [0, 0.05) is 6.04 Å². The first kappa shape index (κ1) is 14.8. The van der Waals surface area contributed by atoms with Crippen molar-refractivity contribution in [2.45, 2.75) is 44.4 Å². The molecule has 3 atom stereocenters. The smallest absolute Gasteiger partial charge is 0.133 e. The molecule has 2 rings (SSSR count). The summed E-state index contributed by atoms with van der Waals surface area (Å²) in [6.45, 7) is 2.15. The summed E-state index contributed by atoms with van der Waals surface area (Å²) in [5.41, 5.74) is 1.29. The molecule has 3 nitrogen and oxygen atoms in total. The molecule has 1 heterocycles. The normalized spacial score (nSPS) is 24.4. The van der Waals surface area contributed by atoms with E-state index in [0.29, 0.717) is 18.2 Å². The number of benzene rings is 1. The molecule has 1 aliphatic rings. The lowest BCUT2D eigenvalue weighted by molar-refractivity contribution is 0.0337. The predicted molar refractivity (Wildman–Crippen MR) is 80.8 cm³/mol. The first-order valence-corrected chi connectivity index (χ1v) is 7.58. The summed E-state index contributed by atoms with van der Waals surface area (Å²) in [5.74, 6) is 0.871. The second-order valence-electron chi connectivity index (χ2n) is 5.13. The maximum absolute atomic E-state index is 5.96. The summed E-state index contributed by atoms with van der Waals surface area (Å²) in [6.07, 6.45) is 3.99.